The molecule has 4 aromatic rings. The molecule has 0 aliphatic heterocycles. The second kappa shape index (κ2) is 15.2. The number of hydrogen-bond acceptors (Lipinski definition) is 1. The van der Waals surface area contributed by atoms with Gasteiger partial charge in [-0.3, -0.25) is 0 Å². The average molecular weight is 733 g/mol. The van der Waals surface area contributed by atoms with Gasteiger partial charge in [0.1, 0.15) is 0 Å². The van der Waals surface area contributed by atoms with Crippen LogP contribution in [0.1, 0.15) is 125 Å². The zero-order valence-electron chi connectivity index (χ0n) is 30.2. The van der Waals surface area contributed by atoms with Crippen molar-refractivity contribution in [3.63, 3.8) is 0 Å². The van der Waals surface area contributed by atoms with Gasteiger partial charge in [0, 0.05) is 0 Å². The molecule has 0 aliphatic carbocycles. The molecule has 0 heterocycles. The Kier molecular flexibility index (Phi) is 12.0. The van der Waals surface area contributed by atoms with Crippen molar-refractivity contribution in [3.8, 4) is 0 Å². The van der Waals surface area contributed by atoms with Crippen molar-refractivity contribution in [1.29, 1.82) is 0 Å². The SMILES string of the molecule is [C-][As](C([O][Ge]([c]1c(C(C)C)cc(C(C)C)cc1C(C)C)[C](C)(C)C)=C(c1ccccc1)c1ccccc1)c1c(C)cc(C)cc1C. The molecule has 0 fully saturated rings. The van der Waals surface area contributed by atoms with Gasteiger partial charge in [-0.1, -0.05) is 0 Å². The van der Waals surface area contributed by atoms with Crippen LogP contribution in [0, 0.1) is 26.5 Å². The molecule has 0 N–H and O–H groups in total. The molecule has 1 unspecified atom stereocenters. The van der Waals surface area contributed by atoms with Crippen LogP contribution >= 0.6 is 0 Å². The first-order valence-corrected chi connectivity index (χ1v) is 22.6. The molecule has 0 saturated carbocycles. The van der Waals surface area contributed by atoms with E-state index in [4.69, 9.17) is 3.76 Å². The number of hydrogen-bond donors (Lipinski definition) is 0. The van der Waals surface area contributed by atoms with Crippen molar-refractivity contribution in [3.05, 3.63) is 140 Å². The van der Waals surface area contributed by atoms with E-state index in [1.54, 1.807) is 0 Å². The van der Waals surface area contributed by atoms with Gasteiger partial charge in [0.25, 0.3) is 0 Å². The fourth-order valence-corrected chi connectivity index (χ4v) is 17.4. The molecule has 1 atom stereocenters. The van der Waals surface area contributed by atoms with Gasteiger partial charge in [-0.25, -0.2) is 0 Å². The number of aryl methyl sites for hydroxylation is 3. The molecular weight excluding hydrogens is 680 g/mol. The Bertz CT molecular complexity index is 1570. The van der Waals surface area contributed by atoms with Gasteiger partial charge < -0.3 is 0 Å². The van der Waals surface area contributed by atoms with E-state index in [-0.39, 0.29) is 4.25 Å². The summed E-state index contributed by atoms with van der Waals surface area (Å²) < 4.78 is 11.3. The van der Waals surface area contributed by atoms with Crippen LogP contribution in [0.25, 0.3) is 5.57 Å². The van der Waals surface area contributed by atoms with Crippen molar-refractivity contribution < 1.29 is 3.76 Å². The summed E-state index contributed by atoms with van der Waals surface area (Å²) in [7, 11) is 0. The molecule has 0 bridgehead atoms. The zero-order chi connectivity index (χ0) is 33.9. The van der Waals surface area contributed by atoms with Crippen LogP contribution in [0.5, 0.6) is 0 Å². The number of rotatable bonds is 10. The standard InChI is InChI=1S/C43H53AsGeO/c1-28(2)36-26-37(29(3)4)41(38(27-36)30(5)6)45(43(10,11)12)46-42(44(13)40-32(8)24-31(7)25-33(40)9)39(34-20-16-14-17-21-34)35-22-18-15-19-23-35/h14-30H,1-12H3/q-1. The summed E-state index contributed by atoms with van der Waals surface area (Å²) in [4.78, 5) is 0. The Balaban J connectivity index is 2.14. The summed E-state index contributed by atoms with van der Waals surface area (Å²) in [5.74, 6) is 1.21. The molecule has 4 aromatic carbocycles. The average Bonchev–Trinajstić information content (AvgIpc) is 2.98. The molecule has 241 valence electrons. The maximum atomic E-state index is 10.3. The fraction of sp³-hybridized carbons (Fsp3) is 0.372. The van der Waals surface area contributed by atoms with Crippen molar-refractivity contribution in [1.82, 2.24) is 0 Å². The zero-order valence-corrected chi connectivity index (χ0v) is 34.1. The summed E-state index contributed by atoms with van der Waals surface area (Å²) in [6.07, 6.45) is 0. The topological polar surface area (TPSA) is 9.23 Å². The summed E-state index contributed by atoms with van der Waals surface area (Å²) in [5.41, 5.74) is 21.5. The van der Waals surface area contributed by atoms with E-state index in [2.05, 4.69) is 168 Å². The van der Waals surface area contributed by atoms with E-state index in [0.717, 1.165) is 21.2 Å². The van der Waals surface area contributed by atoms with E-state index >= 15 is 0 Å². The van der Waals surface area contributed by atoms with Crippen LogP contribution in [-0.2, 0) is 3.76 Å². The molecule has 3 radical (unpaired) electrons. The minimum atomic E-state index is -2.68. The summed E-state index contributed by atoms with van der Waals surface area (Å²) >= 11 is -5.32. The third-order valence-electron chi connectivity index (χ3n) is 8.64. The van der Waals surface area contributed by atoms with Gasteiger partial charge in [-0.15, -0.1) is 0 Å². The summed E-state index contributed by atoms with van der Waals surface area (Å²) in [6.45, 7) is 27.6. The van der Waals surface area contributed by atoms with Crippen LogP contribution in [0.2, 0.25) is 4.25 Å². The molecular formula is C43H53AsGeO-. The molecule has 0 spiro atoms. The predicted molar refractivity (Wildman–Crippen MR) is 203 cm³/mol. The first kappa shape index (κ1) is 36.4. The minimum absolute atomic E-state index is 0.0665. The molecule has 0 aliphatic rings. The summed E-state index contributed by atoms with van der Waals surface area (Å²) in [6, 6.07) is 30.8. The van der Waals surface area contributed by atoms with Crippen LogP contribution in [-0.4, -0.2) is 29.3 Å². The van der Waals surface area contributed by atoms with Crippen LogP contribution in [0.4, 0.5) is 0 Å². The van der Waals surface area contributed by atoms with Gasteiger partial charge >= 0.3 is 292 Å². The van der Waals surface area contributed by atoms with Gasteiger partial charge in [-0.05, 0) is 0 Å². The molecule has 46 heavy (non-hydrogen) atoms. The van der Waals surface area contributed by atoms with Crippen LogP contribution in [0.15, 0.2) is 89.5 Å². The van der Waals surface area contributed by atoms with Gasteiger partial charge in [0.15, 0.2) is 0 Å². The monoisotopic (exact) mass is 734 g/mol. The van der Waals surface area contributed by atoms with Gasteiger partial charge in [0.2, 0.25) is 0 Å². The van der Waals surface area contributed by atoms with Gasteiger partial charge in [0.05, 0.1) is 0 Å². The van der Waals surface area contributed by atoms with Crippen molar-refractivity contribution >= 4 is 43.7 Å². The Morgan fingerprint density at radius 2 is 1.11 bits per heavy atom. The normalized spacial score (nSPS) is 12.7. The van der Waals surface area contributed by atoms with Crippen LogP contribution < -0.4 is 8.75 Å². The third-order valence-corrected chi connectivity index (χ3v) is 19.2. The molecule has 0 aromatic heterocycles. The molecule has 4 rings (SSSR count). The van der Waals surface area contributed by atoms with E-state index in [0.29, 0.717) is 17.8 Å². The predicted octanol–water partition coefficient (Wildman–Crippen LogP) is 10.5. The second-order valence-corrected chi connectivity index (χ2v) is 23.9. The van der Waals surface area contributed by atoms with Gasteiger partial charge in [-0.2, -0.15) is 0 Å². The number of benzene rings is 4. The summed E-state index contributed by atoms with van der Waals surface area (Å²) in [5, 5.41) is 0. The molecule has 1 nitrogen and oxygen atoms in total. The second-order valence-electron chi connectivity index (χ2n) is 14.7. The Morgan fingerprint density at radius 1 is 0.674 bits per heavy atom. The van der Waals surface area contributed by atoms with Crippen molar-refractivity contribution in [2.24, 2.45) is 0 Å². The van der Waals surface area contributed by atoms with E-state index in [1.165, 1.54) is 42.1 Å². The fourth-order valence-electron chi connectivity index (χ4n) is 6.35. The Morgan fingerprint density at radius 3 is 1.48 bits per heavy atom. The third kappa shape index (κ3) is 8.14. The van der Waals surface area contributed by atoms with E-state index in [1.807, 2.05) is 0 Å². The Hall–Kier alpha value is -2.48. The quantitative estimate of drug-likeness (QED) is 0.0896. The molecule has 3 heteroatoms. The molecule has 0 amide bonds. The van der Waals surface area contributed by atoms with E-state index < -0.39 is 29.3 Å². The first-order chi connectivity index (χ1) is 21.6. The Labute approximate surface area is 290 Å². The van der Waals surface area contributed by atoms with Crippen molar-refractivity contribution in [2.45, 2.75) is 105 Å². The van der Waals surface area contributed by atoms with Crippen LogP contribution in [0.3, 0.4) is 0 Å². The molecule has 0 saturated heterocycles. The van der Waals surface area contributed by atoms with Crippen molar-refractivity contribution in [2.75, 3.05) is 0 Å². The first-order valence-electron chi connectivity index (χ1n) is 16.8. The van der Waals surface area contributed by atoms with E-state index in [9.17, 15) is 5.71 Å². The maximum absolute atomic E-state index is 10.3.